The van der Waals surface area contributed by atoms with E-state index in [-0.39, 0.29) is 11.1 Å². The topological polar surface area (TPSA) is 66.9 Å². The number of hydrogen-bond donors (Lipinski definition) is 1. The molecule has 1 aromatic carbocycles. The number of carbonyl (C=O) groups is 1. The monoisotopic (exact) mass is 252 g/mol. The predicted molar refractivity (Wildman–Crippen MR) is 58.4 cm³/mol. The Morgan fingerprint density at radius 2 is 2.29 bits per heavy atom. The Hall–Kier alpha value is -1.34. The third-order valence-electron chi connectivity index (χ3n) is 1.94. The highest BCUT2D eigenvalue weighted by Gasteiger charge is 2.10. The van der Waals surface area contributed by atoms with Crippen LogP contribution in [0.2, 0.25) is 0 Å². The van der Waals surface area contributed by atoms with Crippen molar-refractivity contribution < 1.29 is 4.79 Å². The van der Waals surface area contributed by atoms with E-state index in [4.69, 9.17) is 11.0 Å². The molecule has 0 unspecified atom stereocenters. The zero-order valence-corrected chi connectivity index (χ0v) is 9.26. The van der Waals surface area contributed by atoms with E-state index >= 15 is 0 Å². The highest BCUT2D eigenvalue weighted by atomic mass is 79.9. The van der Waals surface area contributed by atoms with E-state index in [1.165, 1.54) is 6.07 Å². The molecule has 0 bridgehead atoms. The Morgan fingerprint density at radius 1 is 1.64 bits per heavy atom. The second kappa shape index (κ2) is 4.25. The quantitative estimate of drug-likeness (QED) is 0.498. The first kappa shape index (κ1) is 10.7. The fraction of sp³-hybridized carbons (Fsp3) is 0.200. The summed E-state index contributed by atoms with van der Waals surface area (Å²) in [4.78, 5) is 11.4. The molecule has 72 valence electrons. The smallest absolute Gasteiger partial charge is 0.173 e. The van der Waals surface area contributed by atoms with Crippen LogP contribution in [0, 0.1) is 18.3 Å². The third kappa shape index (κ3) is 1.94. The summed E-state index contributed by atoms with van der Waals surface area (Å²) in [6.07, 6.45) is 0. The van der Waals surface area contributed by atoms with Gasteiger partial charge in [0.1, 0.15) is 6.07 Å². The Balaban J connectivity index is 3.33. The lowest BCUT2D eigenvalue weighted by atomic mass is 10.0. The Bertz CT molecular complexity index is 421. The minimum atomic E-state index is -0.0426. The summed E-state index contributed by atoms with van der Waals surface area (Å²) in [6, 6.07) is 5.13. The molecule has 14 heavy (non-hydrogen) atoms. The lowest BCUT2D eigenvalue weighted by Gasteiger charge is -2.05. The van der Waals surface area contributed by atoms with E-state index in [9.17, 15) is 4.79 Å². The average molecular weight is 253 g/mol. The fourth-order valence-corrected chi connectivity index (χ4v) is 1.50. The summed E-state index contributed by atoms with van der Waals surface area (Å²) in [5.41, 5.74) is 7.70. The van der Waals surface area contributed by atoms with Crippen LogP contribution in [0.4, 0.5) is 5.69 Å². The summed E-state index contributed by atoms with van der Waals surface area (Å²) in [7, 11) is 0. The molecule has 0 saturated heterocycles. The number of benzene rings is 1. The van der Waals surface area contributed by atoms with Gasteiger partial charge in [-0.3, -0.25) is 4.79 Å². The number of hydrogen-bond acceptors (Lipinski definition) is 3. The summed E-state index contributed by atoms with van der Waals surface area (Å²) in [5.74, 6) is -0.0426. The highest BCUT2D eigenvalue weighted by Crippen LogP contribution is 2.18. The van der Waals surface area contributed by atoms with Gasteiger partial charge < -0.3 is 5.73 Å². The van der Waals surface area contributed by atoms with Crippen molar-refractivity contribution in [3.8, 4) is 6.07 Å². The number of rotatable bonds is 2. The summed E-state index contributed by atoms with van der Waals surface area (Å²) in [6.45, 7) is 1.80. The highest BCUT2D eigenvalue weighted by molar-refractivity contribution is 9.09. The van der Waals surface area contributed by atoms with Gasteiger partial charge in [0.25, 0.3) is 0 Å². The number of nitrogens with two attached hydrogens (primary N) is 1. The van der Waals surface area contributed by atoms with Crippen molar-refractivity contribution in [3.63, 3.8) is 0 Å². The van der Waals surface area contributed by atoms with Gasteiger partial charge >= 0.3 is 0 Å². The molecule has 0 aliphatic rings. The number of ketones is 1. The van der Waals surface area contributed by atoms with Gasteiger partial charge in [-0.05, 0) is 24.6 Å². The molecular weight excluding hydrogens is 244 g/mol. The zero-order chi connectivity index (χ0) is 10.7. The number of alkyl halides is 1. The Labute approximate surface area is 90.7 Å². The molecule has 0 atom stereocenters. The van der Waals surface area contributed by atoms with Crippen LogP contribution in [-0.2, 0) is 0 Å². The van der Waals surface area contributed by atoms with Crippen molar-refractivity contribution in [1.29, 1.82) is 5.26 Å². The van der Waals surface area contributed by atoms with Gasteiger partial charge in [-0.25, -0.2) is 0 Å². The van der Waals surface area contributed by atoms with E-state index in [1.54, 1.807) is 13.0 Å². The number of aryl methyl sites for hydroxylation is 1. The number of nitrogen functional groups attached to an aromatic ring is 1. The van der Waals surface area contributed by atoms with Crippen LogP contribution < -0.4 is 5.73 Å². The molecule has 1 rings (SSSR count). The maximum atomic E-state index is 11.4. The minimum absolute atomic E-state index is 0.0426. The molecule has 0 aromatic heterocycles. The maximum absolute atomic E-state index is 11.4. The molecule has 0 amide bonds. The Morgan fingerprint density at radius 3 is 2.79 bits per heavy atom. The van der Waals surface area contributed by atoms with Crippen molar-refractivity contribution >= 4 is 27.4 Å². The Kier molecular flexibility index (Phi) is 3.26. The molecular formula is C10H9BrN2O. The summed E-state index contributed by atoms with van der Waals surface area (Å²) in [5, 5.41) is 8.99. The van der Waals surface area contributed by atoms with E-state index < -0.39 is 0 Å². The van der Waals surface area contributed by atoms with Crippen molar-refractivity contribution in [3.05, 3.63) is 28.8 Å². The molecule has 0 aliphatic heterocycles. The second-order valence-electron chi connectivity index (χ2n) is 2.92. The van der Waals surface area contributed by atoms with Crippen LogP contribution in [0.5, 0.6) is 0 Å². The number of anilines is 1. The summed E-state index contributed by atoms with van der Waals surface area (Å²) < 4.78 is 0. The third-order valence-corrected chi connectivity index (χ3v) is 2.45. The molecule has 0 aliphatic carbocycles. The fourth-order valence-electron chi connectivity index (χ4n) is 1.20. The largest absolute Gasteiger partial charge is 0.398 e. The first-order valence-corrected chi connectivity index (χ1v) is 5.11. The van der Waals surface area contributed by atoms with E-state index in [2.05, 4.69) is 15.9 Å². The molecule has 0 fully saturated rings. The summed E-state index contributed by atoms with van der Waals surface area (Å²) >= 11 is 3.09. The minimum Gasteiger partial charge on any atom is -0.398 e. The van der Waals surface area contributed by atoms with Crippen LogP contribution in [0.3, 0.4) is 0 Å². The number of nitrogens with zero attached hydrogens (tertiary/aromatic N) is 1. The van der Waals surface area contributed by atoms with E-state index in [0.717, 1.165) is 5.56 Å². The normalized spacial score (nSPS) is 9.50. The molecule has 0 radical (unpaired) electrons. The first-order valence-electron chi connectivity index (χ1n) is 3.99. The van der Waals surface area contributed by atoms with Gasteiger partial charge in [-0.15, -0.1) is 0 Å². The second-order valence-corrected chi connectivity index (χ2v) is 3.48. The number of halogens is 1. The van der Waals surface area contributed by atoms with Gasteiger partial charge in [-0.2, -0.15) is 5.26 Å². The standard InChI is InChI=1S/C10H9BrN2O/c1-6-2-9(13)7(5-12)3-8(6)10(14)4-11/h2-3H,4,13H2,1H3. The lowest BCUT2D eigenvalue weighted by Crippen LogP contribution is -2.05. The lowest BCUT2D eigenvalue weighted by molar-refractivity contribution is 0.102. The van der Waals surface area contributed by atoms with Crippen LogP contribution in [0.25, 0.3) is 0 Å². The maximum Gasteiger partial charge on any atom is 0.173 e. The number of carbonyl (C=O) groups excluding carboxylic acids is 1. The van der Waals surface area contributed by atoms with Crippen molar-refractivity contribution in [2.24, 2.45) is 0 Å². The zero-order valence-electron chi connectivity index (χ0n) is 7.67. The average Bonchev–Trinajstić information content (AvgIpc) is 2.17. The predicted octanol–water partition coefficient (Wildman–Crippen LogP) is 2.03. The number of Topliss-reactive ketones (excluding diaryl/α,β-unsaturated/α-hetero) is 1. The van der Waals surface area contributed by atoms with Crippen LogP contribution in [-0.4, -0.2) is 11.1 Å². The SMILES string of the molecule is Cc1cc(N)c(C#N)cc1C(=O)CBr. The van der Waals surface area contributed by atoms with E-state index in [1.807, 2.05) is 6.07 Å². The van der Waals surface area contributed by atoms with Gasteiger partial charge in [0.15, 0.2) is 5.78 Å². The molecule has 0 spiro atoms. The van der Waals surface area contributed by atoms with Crippen LogP contribution in [0.1, 0.15) is 21.5 Å². The molecule has 3 nitrogen and oxygen atoms in total. The van der Waals surface area contributed by atoms with Crippen molar-refractivity contribution in [1.82, 2.24) is 0 Å². The van der Waals surface area contributed by atoms with Gasteiger partial charge in [0, 0.05) is 11.3 Å². The molecule has 0 saturated carbocycles. The van der Waals surface area contributed by atoms with Gasteiger partial charge in [0.05, 0.1) is 10.9 Å². The van der Waals surface area contributed by atoms with Gasteiger partial charge in [0.2, 0.25) is 0 Å². The van der Waals surface area contributed by atoms with E-state index in [0.29, 0.717) is 16.8 Å². The number of nitriles is 1. The molecule has 0 heterocycles. The van der Waals surface area contributed by atoms with Crippen LogP contribution in [0.15, 0.2) is 12.1 Å². The first-order chi connectivity index (χ1) is 6.60. The molecule has 4 heteroatoms. The van der Waals surface area contributed by atoms with Crippen molar-refractivity contribution in [2.75, 3.05) is 11.1 Å². The van der Waals surface area contributed by atoms with Gasteiger partial charge in [-0.1, -0.05) is 15.9 Å². The molecule has 2 N–H and O–H groups in total. The molecule has 1 aromatic rings. The van der Waals surface area contributed by atoms with Crippen molar-refractivity contribution in [2.45, 2.75) is 6.92 Å². The van der Waals surface area contributed by atoms with Crippen LogP contribution >= 0.6 is 15.9 Å².